The summed E-state index contributed by atoms with van der Waals surface area (Å²) >= 11 is 1.48. The topological polar surface area (TPSA) is 107 Å². The fourth-order valence-corrected chi connectivity index (χ4v) is 6.76. The number of benzene rings is 1. The quantitative estimate of drug-likeness (QED) is 0.351. The van der Waals surface area contributed by atoms with E-state index in [4.69, 9.17) is 15.1 Å². The van der Waals surface area contributed by atoms with Gasteiger partial charge in [0.15, 0.2) is 16.6 Å². The van der Waals surface area contributed by atoms with Crippen LogP contribution in [-0.4, -0.2) is 83.0 Å². The highest BCUT2D eigenvalue weighted by Crippen LogP contribution is 2.34. The first-order valence-electron chi connectivity index (χ1n) is 12.4. The van der Waals surface area contributed by atoms with Crippen molar-refractivity contribution >= 4 is 43.8 Å². The van der Waals surface area contributed by atoms with E-state index in [0.717, 1.165) is 27.9 Å². The van der Waals surface area contributed by atoms with Crippen molar-refractivity contribution in [1.29, 1.82) is 0 Å². The molecule has 202 valence electrons. The standard InChI is InChI=1S/C25H30FN7O3S2/c1-4-20-24(30(2)25-28-21(16-37-25)17-5-7-18(26)8-6-17)33-22(27-20)9-10-23(29-33)31-12-13-32(38(3,35)36)19(15-31)11-14-34/h5-10,16,19,34H,4,11-15H2,1-3H3. The number of aryl methyl sites for hydroxylation is 1. The molecule has 1 aliphatic rings. The van der Waals surface area contributed by atoms with Gasteiger partial charge in [-0.05, 0) is 49.2 Å². The first-order valence-corrected chi connectivity index (χ1v) is 15.1. The second-order valence-corrected chi connectivity index (χ2v) is 12.0. The van der Waals surface area contributed by atoms with Crippen LogP contribution >= 0.6 is 11.3 Å². The number of anilines is 3. The number of hydrogen-bond acceptors (Lipinski definition) is 9. The molecule has 4 heterocycles. The summed E-state index contributed by atoms with van der Waals surface area (Å²) in [5.74, 6) is 1.21. The number of rotatable bonds is 8. The molecule has 10 nitrogen and oxygen atoms in total. The summed E-state index contributed by atoms with van der Waals surface area (Å²) in [6.07, 6.45) is 2.25. The summed E-state index contributed by atoms with van der Waals surface area (Å²) in [6.45, 7) is 3.18. The van der Waals surface area contributed by atoms with Crippen LogP contribution in [-0.2, 0) is 16.4 Å². The molecule has 0 bridgehead atoms. The van der Waals surface area contributed by atoms with Crippen LogP contribution in [0.3, 0.4) is 0 Å². The Hall–Kier alpha value is -3.13. The number of aromatic nitrogens is 4. The summed E-state index contributed by atoms with van der Waals surface area (Å²) in [4.78, 5) is 13.6. The molecule has 1 N–H and O–H groups in total. The lowest BCUT2D eigenvalue weighted by molar-refractivity contribution is 0.213. The number of nitrogens with zero attached hydrogens (tertiary/aromatic N) is 7. The van der Waals surface area contributed by atoms with Gasteiger partial charge in [0.05, 0.1) is 17.6 Å². The summed E-state index contributed by atoms with van der Waals surface area (Å²) < 4.78 is 41.1. The first kappa shape index (κ1) is 26.5. The number of aliphatic hydroxyl groups excluding tert-OH is 1. The molecule has 1 aromatic carbocycles. The van der Waals surface area contributed by atoms with Crippen LogP contribution in [0, 0.1) is 5.82 Å². The van der Waals surface area contributed by atoms with E-state index >= 15 is 0 Å². The number of piperazine rings is 1. The SMILES string of the molecule is CCc1nc2ccc(N3CCN(S(C)(=O)=O)C(CCO)C3)nn2c1N(C)c1nc(-c2ccc(F)cc2)cs1. The number of aliphatic hydroxyl groups is 1. The van der Waals surface area contributed by atoms with Crippen LogP contribution in [0.15, 0.2) is 41.8 Å². The smallest absolute Gasteiger partial charge is 0.211 e. The molecule has 0 saturated carbocycles. The molecule has 1 saturated heterocycles. The van der Waals surface area contributed by atoms with Gasteiger partial charge in [0.1, 0.15) is 11.6 Å². The Kier molecular flexibility index (Phi) is 7.36. The largest absolute Gasteiger partial charge is 0.396 e. The second-order valence-electron chi connectivity index (χ2n) is 9.26. The lowest BCUT2D eigenvalue weighted by Gasteiger charge is -2.40. The highest BCUT2D eigenvalue weighted by molar-refractivity contribution is 7.88. The van der Waals surface area contributed by atoms with E-state index in [1.165, 1.54) is 34.0 Å². The number of thiazole rings is 1. The number of halogens is 1. The Morgan fingerprint density at radius 2 is 1.92 bits per heavy atom. The average molecular weight is 560 g/mol. The van der Waals surface area contributed by atoms with Crippen LogP contribution < -0.4 is 9.80 Å². The minimum absolute atomic E-state index is 0.0962. The van der Waals surface area contributed by atoms with Gasteiger partial charge < -0.3 is 14.9 Å². The normalized spacial score (nSPS) is 16.9. The minimum atomic E-state index is -3.38. The lowest BCUT2D eigenvalue weighted by atomic mass is 10.1. The molecule has 5 rings (SSSR count). The van der Waals surface area contributed by atoms with Gasteiger partial charge in [-0.3, -0.25) is 0 Å². The van der Waals surface area contributed by atoms with E-state index in [-0.39, 0.29) is 18.5 Å². The molecule has 4 aromatic rings. The van der Waals surface area contributed by atoms with Crippen molar-refractivity contribution in [3.8, 4) is 11.3 Å². The fourth-order valence-electron chi connectivity index (χ4n) is 4.83. The summed E-state index contributed by atoms with van der Waals surface area (Å²) in [7, 11) is -1.45. The molecule has 1 unspecified atom stereocenters. The van der Waals surface area contributed by atoms with Crippen molar-refractivity contribution in [2.24, 2.45) is 0 Å². The van der Waals surface area contributed by atoms with E-state index in [2.05, 4.69) is 0 Å². The van der Waals surface area contributed by atoms with Crippen LogP contribution in [0.1, 0.15) is 19.0 Å². The second kappa shape index (κ2) is 10.6. The summed E-state index contributed by atoms with van der Waals surface area (Å²) in [5, 5.41) is 17.1. The van der Waals surface area contributed by atoms with Crippen molar-refractivity contribution in [1.82, 2.24) is 23.9 Å². The van der Waals surface area contributed by atoms with Gasteiger partial charge in [-0.1, -0.05) is 6.92 Å². The van der Waals surface area contributed by atoms with Crippen molar-refractivity contribution in [3.05, 3.63) is 53.3 Å². The van der Waals surface area contributed by atoms with Crippen molar-refractivity contribution in [2.45, 2.75) is 25.8 Å². The number of fused-ring (bicyclic) bond motifs is 1. The number of imidazole rings is 1. The third-order valence-electron chi connectivity index (χ3n) is 6.72. The maximum Gasteiger partial charge on any atom is 0.211 e. The van der Waals surface area contributed by atoms with Crippen molar-refractivity contribution < 1.29 is 17.9 Å². The lowest BCUT2D eigenvalue weighted by Crippen LogP contribution is -2.55. The summed E-state index contributed by atoms with van der Waals surface area (Å²) in [6, 6.07) is 9.73. The van der Waals surface area contributed by atoms with Gasteiger partial charge in [0, 0.05) is 50.3 Å². The Bertz CT molecular complexity index is 1540. The molecule has 0 aliphatic carbocycles. The van der Waals surface area contributed by atoms with Crippen molar-refractivity contribution in [2.75, 3.05) is 49.3 Å². The van der Waals surface area contributed by atoms with E-state index in [9.17, 15) is 17.9 Å². The van der Waals surface area contributed by atoms with Crippen LogP contribution in [0.4, 0.5) is 21.2 Å². The maximum absolute atomic E-state index is 13.4. The third kappa shape index (κ3) is 5.10. The maximum atomic E-state index is 13.4. The van der Waals surface area contributed by atoms with Gasteiger partial charge >= 0.3 is 0 Å². The molecular weight excluding hydrogens is 529 g/mol. The zero-order valence-corrected chi connectivity index (χ0v) is 23.1. The van der Waals surface area contributed by atoms with Crippen LogP contribution in [0.25, 0.3) is 16.9 Å². The molecule has 1 atom stereocenters. The molecule has 1 fully saturated rings. The zero-order chi connectivity index (χ0) is 27.0. The number of hydrogen-bond donors (Lipinski definition) is 1. The highest BCUT2D eigenvalue weighted by Gasteiger charge is 2.33. The zero-order valence-electron chi connectivity index (χ0n) is 21.5. The number of sulfonamides is 1. The first-order chi connectivity index (χ1) is 18.2. The predicted octanol–water partition coefficient (Wildman–Crippen LogP) is 3.15. The van der Waals surface area contributed by atoms with E-state index in [1.54, 1.807) is 16.6 Å². The van der Waals surface area contributed by atoms with Gasteiger partial charge in [-0.15, -0.1) is 16.4 Å². The Labute approximate surface area is 225 Å². The minimum Gasteiger partial charge on any atom is -0.396 e. The Morgan fingerprint density at radius 1 is 1.16 bits per heavy atom. The monoisotopic (exact) mass is 559 g/mol. The van der Waals surface area contributed by atoms with Gasteiger partial charge in [0.2, 0.25) is 10.0 Å². The van der Waals surface area contributed by atoms with Crippen LogP contribution in [0.5, 0.6) is 0 Å². The molecule has 3 aromatic heterocycles. The van der Waals surface area contributed by atoms with Crippen LogP contribution in [0.2, 0.25) is 0 Å². The molecular formula is C25H30FN7O3S2. The third-order valence-corrected chi connectivity index (χ3v) is 8.97. The van der Waals surface area contributed by atoms with Gasteiger partial charge in [-0.2, -0.15) is 8.82 Å². The van der Waals surface area contributed by atoms with Gasteiger partial charge in [0.25, 0.3) is 0 Å². The summed E-state index contributed by atoms with van der Waals surface area (Å²) in [5.41, 5.74) is 3.17. The van der Waals surface area contributed by atoms with E-state index < -0.39 is 10.0 Å². The Morgan fingerprint density at radius 3 is 2.61 bits per heavy atom. The fraction of sp³-hybridized carbons (Fsp3) is 0.400. The molecule has 13 heteroatoms. The molecule has 0 amide bonds. The average Bonchev–Trinajstić information content (AvgIpc) is 3.53. The Balaban J connectivity index is 1.47. The van der Waals surface area contributed by atoms with E-state index in [0.29, 0.717) is 43.9 Å². The molecule has 1 aliphatic heterocycles. The molecule has 38 heavy (non-hydrogen) atoms. The molecule has 0 radical (unpaired) electrons. The molecule has 0 spiro atoms. The predicted molar refractivity (Wildman–Crippen MR) is 147 cm³/mol. The van der Waals surface area contributed by atoms with E-state index in [1.807, 2.05) is 41.3 Å². The van der Waals surface area contributed by atoms with Crippen molar-refractivity contribution in [3.63, 3.8) is 0 Å². The highest BCUT2D eigenvalue weighted by atomic mass is 32.2. The van der Waals surface area contributed by atoms with Gasteiger partial charge in [-0.25, -0.2) is 22.8 Å².